The first-order valence-electron chi connectivity index (χ1n) is 17.1. The number of anilines is 2. The molecule has 0 saturated carbocycles. The number of amides is 2. The van der Waals surface area contributed by atoms with Crippen LogP contribution in [0, 0.1) is 0 Å². The molecule has 5 rings (SSSR count). The Kier molecular flexibility index (Phi) is 12.7. The molecule has 15 heteroatoms. The number of hydrogen-bond donors (Lipinski definition) is 4. The number of likely N-dealkylation sites (tertiary alicyclic amines) is 1. The van der Waals surface area contributed by atoms with E-state index in [4.69, 9.17) is 21.3 Å². The van der Waals surface area contributed by atoms with Gasteiger partial charge in [0, 0.05) is 70.5 Å². The summed E-state index contributed by atoms with van der Waals surface area (Å²) in [6, 6.07) is 7.40. The van der Waals surface area contributed by atoms with Crippen LogP contribution in [0.25, 0.3) is 11.0 Å². The number of imide groups is 1. The summed E-state index contributed by atoms with van der Waals surface area (Å²) in [5.74, 6) is 0.846. The minimum Gasteiger partial charge on any atom is -0.496 e. The largest absolute Gasteiger partial charge is 0.496 e. The second kappa shape index (κ2) is 17.1. The van der Waals surface area contributed by atoms with Crippen LogP contribution in [0.2, 0.25) is 0 Å². The van der Waals surface area contributed by atoms with Gasteiger partial charge in [0.05, 0.1) is 24.4 Å². The van der Waals surface area contributed by atoms with Gasteiger partial charge in [-0.3, -0.25) is 29.1 Å². The lowest BCUT2D eigenvalue weighted by molar-refractivity contribution is -0.139. The number of unbranched alkanes of at least 4 members (excludes halogenated alkanes) is 2. The van der Waals surface area contributed by atoms with Crippen molar-refractivity contribution in [2.75, 3.05) is 69.7 Å². The number of nitrogen functional groups attached to an aromatic ring is 1. The van der Waals surface area contributed by atoms with E-state index in [2.05, 4.69) is 54.8 Å². The number of carboxylic acids is 1. The first-order chi connectivity index (χ1) is 23.7. The molecule has 0 aliphatic carbocycles. The Bertz CT molecular complexity index is 1610. The van der Waals surface area contributed by atoms with Crippen LogP contribution in [0.15, 0.2) is 30.5 Å². The van der Waals surface area contributed by atoms with Crippen LogP contribution in [-0.2, 0) is 27.5 Å². The van der Waals surface area contributed by atoms with E-state index in [9.17, 15) is 14.4 Å². The van der Waals surface area contributed by atoms with Gasteiger partial charge in [-0.2, -0.15) is 4.98 Å². The molecule has 49 heavy (non-hydrogen) atoms. The number of methoxy groups -OCH3 is 1. The van der Waals surface area contributed by atoms with Crippen molar-refractivity contribution < 1.29 is 24.2 Å². The SMILES string of the molecule is CCCCCNc1nc(N)nc2ccn(Cc3ccc(CN4CCN(CCN5C(=O)CC(SCC[C@H](N)C(=O)O)C5=O)CC4)cc3OC)c12. The molecule has 2 atom stereocenters. The molecule has 1 aromatic carbocycles. The third-order valence-corrected chi connectivity index (χ3v) is 10.4. The van der Waals surface area contributed by atoms with E-state index in [0.29, 0.717) is 25.4 Å². The highest BCUT2D eigenvalue weighted by Gasteiger charge is 2.38. The second-order valence-corrected chi connectivity index (χ2v) is 14.0. The number of rotatable bonds is 18. The van der Waals surface area contributed by atoms with E-state index in [1.54, 1.807) is 7.11 Å². The molecule has 0 spiro atoms. The molecule has 3 aromatic rings. The lowest BCUT2D eigenvalue weighted by Crippen LogP contribution is -2.48. The van der Waals surface area contributed by atoms with E-state index in [-0.39, 0.29) is 30.6 Å². The minimum atomic E-state index is -1.06. The van der Waals surface area contributed by atoms with E-state index in [1.807, 2.05) is 12.3 Å². The third-order valence-electron chi connectivity index (χ3n) is 9.17. The highest BCUT2D eigenvalue weighted by atomic mass is 32.2. The maximum Gasteiger partial charge on any atom is 0.320 e. The van der Waals surface area contributed by atoms with Gasteiger partial charge in [0.25, 0.3) is 0 Å². The molecule has 2 aliphatic heterocycles. The summed E-state index contributed by atoms with van der Waals surface area (Å²) in [7, 11) is 1.70. The van der Waals surface area contributed by atoms with Gasteiger partial charge in [-0.25, -0.2) is 4.98 Å². The predicted molar refractivity (Wildman–Crippen MR) is 192 cm³/mol. The topological polar surface area (TPSA) is 185 Å². The Morgan fingerprint density at radius 1 is 1.10 bits per heavy atom. The number of thioether (sulfide) groups is 1. The number of fused-ring (bicyclic) bond motifs is 1. The minimum absolute atomic E-state index is 0.158. The smallest absolute Gasteiger partial charge is 0.320 e. The normalized spacial score (nSPS) is 18.0. The number of aliphatic carboxylic acids is 1. The Morgan fingerprint density at radius 3 is 2.61 bits per heavy atom. The van der Waals surface area contributed by atoms with Crippen molar-refractivity contribution in [1.82, 2.24) is 29.2 Å². The monoisotopic (exact) mass is 695 g/mol. The van der Waals surface area contributed by atoms with E-state index in [0.717, 1.165) is 86.7 Å². The number of carbonyl (C=O) groups is 3. The van der Waals surface area contributed by atoms with Crippen LogP contribution in [0.3, 0.4) is 0 Å². The molecule has 6 N–H and O–H groups in total. The Labute approximate surface area is 291 Å². The predicted octanol–water partition coefficient (Wildman–Crippen LogP) is 2.45. The van der Waals surface area contributed by atoms with Crippen LogP contribution in [0.5, 0.6) is 5.75 Å². The fraction of sp³-hybridized carbons (Fsp3) is 0.559. The number of nitrogens with zero attached hydrogens (tertiary/aromatic N) is 6. The third kappa shape index (κ3) is 9.41. The summed E-state index contributed by atoms with van der Waals surface area (Å²) in [4.78, 5) is 51.3. The van der Waals surface area contributed by atoms with Crippen molar-refractivity contribution in [3.8, 4) is 5.75 Å². The highest BCUT2D eigenvalue weighted by Crippen LogP contribution is 2.28. The molecule has 2 aromatic heterocycles. The van der Waals surface area contributed by atoms with Crippen molar-refractivity contribution in [3.63, 3.8) is 0 Å². The molecule has 2 amide bonds. The first-order valence-corrected chi connectivity index (χ1v) is 18.1. The van der Waals surface area contributed by atoms with Gasteiger partial charge in [-0.1, -0.05) is 31.9 Å². The first kappa shape index (κ1) is 36.4. The summed E-state index contributed by atoms with van der Waals surface area (Å²) < 4.78 is 7.98. The average Bonchev–Trinajstić information content (AvgIpc) is 3.61. The van der Waals surface area contributed by atoms with Crippen LogP contribution >= 0.6 is 11.8 Å². The highest BCUT2D eigenvalue weighted by molar-refractivity contribution is 8.00. The maximum atomic E-state index is 12.8. The quantitative estimate of drug-likeness (QED) is 0.113. The number of aromatic nitrogens is 3. The summed E-state index contributed by atoms with van der Waals surface area (Å²) >= 11 is 1.32. The van der Waals surface area contributed by atoms with E-state index in [1.165, 1.54) is 22.2 Å². The Hall–Kier alpha value is -3.92. The summed E-state index contributed by atoms with van der Waals surface area (Å²) in [6.45, 7) is 8.85. The van der Waals surface area contributed by atoms with Crippen molar-refractivity contribution in [1.29, 1.82) is 0 Å². The summed E-state index contributed by atoms with van der Waals surface area (Å²) in [5, 5.41) is 11.9. The number of nitrogens with two attached hydrogens (primary N) is 2. The molecule has 2 aliphatic rings. The van der Waals surface area contributed by atoms with Crippen LogP contribution < -0.4 is 21.5 Å². The number of nitrogens with one attached hydrogen (secondary N) is 1. The number of piperazine rings is 1. The molecule has 1 unspecified atom stereocenters. The van der Waals surface area contributed by atoms with Gasteiger partial charge >= 0.3 is 5.97 Å². The van der Waals surface area contributed by atoms with Gasteiger partial charge in [0.1, 0.15) is 17.3 Å². The second-order valence-electron chi connectivity index (χ2n) is 12.7. The molecular weight excluding hydrogens is 646 g/mol. The Balaban J connectivity index is 1.11. The summed E-state index contributed by atoms with van der Waals surface area (Å²) in [6.07, 6.45) is 5.78. The number of hydrogen-bond acceptors (Lipinski definition) is 12. The van der Waals surface area contributed by atoms with Crippen molar-refractivity contribution in [2.24, 2.45) is 5.73 Å². The molecule has 0 radical (unpaired) electrons. The zero-order valence-corrected chi connectivity index (χ0v) is 29.3. The molecule has 2 fully saturated rings. The van der Waals surface area contributed by atoms with Crippen LogP contribution in [0.1, 0.15) is 50.2 Å². The molecule has 266 valence electrons. The van der Waals surface area contributed by atoms with Gasteiger partial charge in [-0.05, 0) is 36.3 Å². The zero-order valence-electron chi connectivity index (χ0n) is 28.5. The molecule has 4 heterocycles. The van der Waals surface area contributed by atoms with Crippen molar-refractivity contribution in [3.05, 3.63) is 41.6 Å². The van der Waals surface area contributed by atoms with Gasteiger partial charge in [-0.15, -0.1) is 11.8 Å². The van der Waals surface area contributed by atoms with E-state index < -0.39 is 17.3 Å². The van der Waals surface area contributed by atoms with Crippen molar-refractivity contribution >= 4 is 52.3 Å². The lowest BCUT2D eigenvalue weighted by atomic mass is 10.1. The van der Waals surface area contributed by atoms with Crippen LogP contribution in [-0.4, -0.2) is 122 Å². The number of carboxylic acid groups (broad SMARTS) is 1. The van der Waals surface area contributed by atoms with Gasteiger partial charge in [0.15, 0.2) is 5.82 Å². The molecular formula is C34H49N9O5S. The zero-order chi connectivity index (χ0) is 34.9. The average molecular weight is 696 g/mol. The molecule has 14 nitrogen and oxygen atoms in total. The maximum absolute atomic E-state index is 12.8. The molecule has 2 saturated heterocycles. The number of carbonyl (C=O) groups excluding carboxylic acids is 2. The number of ether oxygens (including phenoxy) is 1. The van der Waals surface area contributed by atoms with Gasteiger partial charge in [0.2, 0.25) is 17.8 Å². The fourth-order valence-electron chi connectivity index (χ4n) is 6.31. The van der Waals surface area contributed by atoms with Crippen molar-refractivity contribution in [2.45, 2.75) is 63.4 Å². The van der Waals surface area contributed by atoms with E-state index >= 15 is 0 Å². The fourth-order valence-corrected chi connectivity index (χ4v) is 7.52. The standard InChI is InChI=1S/C34H49N9O5S/c1-3-4-5-10-37-31-30-26(38-34(36)39-31)8-11-42(30)22-24-7-6-23(19-27(24)48-2)21-41-14-12-40(13-15-41)16-17-43-29(44)20-28(32(43)45)49-18-9-25(35)33(46)47/h6-8,11,19,25,28H,3-5,9-10,12-18,20-22,35H2,1-2H3,(H,46,47)(H3,36,37,38,39)/t25-,28?/m0/s1. The molecule has 0 bridgehead atoms. The number of benzene rings is 1. The van der Waals surface area contributed by atoms with Crippen LogP contribution in [0.4, 0.5) is 11.8 Å². The Morgan fingerprint density at radius 2 is 1.88 bits per heavy atom. The summed E-state index contributed by atoms with van der Waals surface area (Å²) in [5.41, 5.74) is 15.5. The lowest BCUT2D eigenvalue weighted by Gasteiger charge is -2.35. The van der Waals surface area contributed by atoms with Gasteiger partial charge < -0.3 is 31.2 Å².